The van der Waals surface area contributed by atoms with Crippen LogP contribution in [0.15, 0.2) is 18.2 Å². The first kappa shape index (κ1) is 8.24. The van der Waals surface area contributed by atoms with E-state index in [0.717, 1.165) is 25.2 Å². The van der Waals surface area contributed by atoms with Gasteiger partial charge < -0.3 is 10.6 Å². The van der Waals surface area contributed by atoms with Gasteiger partial charge in [-0.3, -0.25) is 0 Å². The third-order valence-electron chi connectivity index (χ3n) is 3.24. The molecule has 0 bridgehead atoms. The van der Waals surface area contributed by atoms with Gasteiger partial charge in [-0.15, -0.1) is 0 Å². The Morgan fingerprint density at radius 3 is 3.21 bits per heavy atom. The topological polar surface area (TPSA) is 24.1 Å². The van der Waals surface area contributed by atoms with Gasteiger partial charge in [0.05, 0.1) is 0 Å². The Morgan fingerprint density at radius 1 is 1.36 bits per heavy atom. The van der Waals surface area contributed by atoms with Gasteiger partial charge in [0, 0.05) is 24.2 Å². The maximum atomic E-state index is 13.0. The molecule has 0 aromatic heterocycles. The zero-order valence-electron chi connectivity index (χ0n) is 7.89. The van der Waals surface area contributed by atoms with Crippen LogP contribution in [0.2, 0.25) is 0 Å². The standard InChI is InChI=1S/C11H13FN2/c12-7-1-2-8-9-3-4-13-6-11(9)14-10(8)5-7/h1-2,5,9,11,13-14H,3-4,6H2. The van der Waals surface area contributed by atoms with Crippen LogP contribution in [0.3, 0.4) is 0 Å². The maximum Gasteiger partial charge on any atom is 0.125 e. The van der Waals surface area contributed by atoms with Gasteiger partial charge in [0.15, 0.2) is 0 Å². The zero-order chi connectivity index (χ0) is 9.54. The molecule has 0 radical (unpaired) electrons. The largest absolute Gasteiger partial charge is 0.380 e. The summed E-state index contributed by atoms with van der Waals surface area (Å²) >= 11 is 0. The van der Waals surface area contributed by atoms with Crippen LogP contribution < -0.4 is 10.6 Å². The summed E-state index contributed by atoms with van der Waals surface area (Å²) in [6.07, 6.45) is 1.15. The molecule has 1 fully saturated rings. The van der Waals surface area contributed by atoms with E-state index in [1.807, 2.05) is 6.07 Å². The predicted octanol–water partition coefficient (Wildman–Crippen LogP) is 1.70. The molecule has 1 aromatic carbocycles. The number of nitrogens with one attached hydrogen (secondary N) is 2. The van der Waals surface area contributed by atoms with Crippen LogP contribution >= 0.6 is 0 Å². The second-order valence-corrected chi connectivity index (χ2v) is 4.08. The number of rotatable bonds is 0. The van der Waals surface area contributed by atoms with E-state index in [1.165, 1.54) is 5.56 Å². The second-order valence-electron chi connectivity index (χ2n) is 4.08. The van der Waals surface area contributed by atoms with Crippen LogP contribution in [-0.2, 0) is 0 Å². The van der Waals surface area contributed by atoms with Gasteiger partial charge in [-0.05, 0) is 30.7 Å². The normalized spacial score (nSPS) is 29.2. The van der Waals surface area contributed by atoms with Crippen molar-refractivity contribution in [2.75, 3.05) is 18.4 Å². The lowest BCUT2D eigenvalue weighted by Gasteiger charge is -2.26. The molecular formula is C11H13FN2. The van der Waals surface area contributed by atoms with E-state index in [0.29, 0.717) is 12.0 Å². The molecule has 0 aliphatic carbocycles. The van der Waals surface area contributed by atoms with Crippen LogP contribution in [0.1, 0.15) is 17.9 Å². The molecule has 0 amide bonds. The minimum atomic E-state index is -0.150. The zero-order valence-corrected chi connectivity index (χ0v) is 7.89. The predicted molar refractivity (Wildman–Crippen MR) is 54.0 cm³/mol. The molecule has 2 nitrogen and oxygen atoms in total. The molecule has 2 N–H and O–H groups in total. The highest BCUT2D eigenvalue weighted by Gasteiger charge is 2.33. The fourth-order valence-electron chi connectivity index (χ4n) is 2.56. The van der Waals surface area contributed by atoms with Crippen molar-refractivity contribution in [1.82, 2.24) is 5.32 Å². The third kappa shape index (κ3) is 1.12. The van der Waals surface area contributed by atoms with E-state index >= 15 is 0 Å². The van der Waals surface area contributed by atoms with E-state index in [4.69, 9.17) is 0 Å². The van der Waals surface area contributed by atoms with Gasteiger partial charge in [0.1, 0.15) is 5.82 Å². The molecule has 2 atom stereocenters. The van der Waals surface area contributed by atoms with Gasteiger partial charge in [-0.1, -0.05) is 6.07 Å². The second kappa shape index (κ2) is 2.95. The first-order chi connectivity index (χ1) is 6.84. The first-order valence-corrected chi connectivity index (χ1v) is 5.11. The number of piperidine rings is 1. The Bertz CT molecular complexity index is 364. The van der Waals surface area contributed by atoms with E-state index in [-0.39, 0.29) is 5.82 Å². The van der Waals surface area contributed by atoms with Crippen molar-refractivity contribution in [1.29, 1.82) is 0 Å². The average Bonchev–Trinajstić information content (AvgIpc) is 2.54. The highest BCUT2D eigenvalue weighted by molar-refractivity contribution is 5.59. The summed E-state index contributed by atoms with van der Waals surface area (Å²) in [5, 5.41) is 6.72. The first-order valence-electron chi connectivity index (χ1n) is 5.11. The molecule has 3 rings (SSSR count). The quantitative estimate of drug-likeness (QED) is 0.653. The Kier molecular flexibility index (Phi) is 1.74. The van der Waals surface area contributed by atoms with Crippen molar-refractivity contribution < 1.29 is 4.39 Å². The van der Waals surface area contributed by atoms with Gasteiger partial charge in [0.25, 0.3) is 0 Å². The molecule has 2 unspecified atom stereocenters. The summed E-state index contributed by atoms with van der Waals surface area (Å²) in [6, 6.07) is 5.55. The summed E-state index contributed by atoms with van der Waals surface area (Å²) in [6.45, 7) is 2.06. The summed E-state index contributed by atoms with van der Waals surface area (Å²) in [5.41, 5.74) is 2.28. The van der Waals surface area contributed by atoms with Crippen molar-refractivity contribution in [3.8, 4) is 0 Å². The Labute approximate surface area is 82.5 Å². The number of anilines is 1. The highest BCUT2D eigenvalue weighted by atomic mass is 19.1. The minimum absolute atomic E-state index is 0.150. The molecule has 2 aliphatic heterocycles. The van der Waals surface area contributed by atoms with Crippen LogP contribution in [0, 0.1) is 5.82 Å². The summed E-state index contributed by atoms with van der Waals surface area (Å²) in [4.78, 5) is 0. The van der Waals surface area contributed by atoms with Crippen molar-refractivity contribution in [2.45, 2.75) is 18.4 Å². The van der Waals surface area contributed by atoms with Crippen LogP contribution in [0.5, 0.6) is 0 Å². The molecule has 0 spiro atoms. The van der Waals surface area contributed by atoms with E-state index in [9.17, 15) is 4.39 Å². The number of benzene rings is 1. The molecule has 2 heterocycles. The Hall–Kier alpha value is -1.09. The maximum absolute atomic E-state index is 13.0. The number of hydrogen-bond donors (Lipinski definition) is 2. The Morgan fingerprint density at radius 2 is 2.29 bits per heavy atom. The van der Waals surface area contributed by atoms with Crippen molar-refractivity contribution in [3.05, 3.63) is 29.6 Å². The van der Waals surface area contributed by atoms with Crippen LogP contribution in [0.25, 0.3) is 0 Å². The van der Waals surface area contributed by atoms with Crippen LogP contribution in [0.4, 0.5) is 10.1 Å². The number of halogens is 1. The molecule has 2 aliphatic rings. The minimum Gasteiger partial charge on any atom is -0.380 e. The molecular weight excluding hydrogens is 179 g/mol. The Balaban J connectivity index is 2.01. The van der Waals surface area contributed by atoms with Crippen LogP contribution in [-0.4, -0.2) is 19.1 Å². The molecule has 3 heteroatoms. The number of fused-ring (bicyclic) bond motifs is 3. The lowest BCUT2D eigenvalue weighted by Crippen LogP contribution is -2.40. The van der Waals surface area contributed by atoms with E-state index in [1.54, 1.807) is 12.1 Å². The van der Waals surface area contributed by atoms with Crippen molar-refractivity contribution in [3.63, 3.8) is 0 Å². The lowest BCUT2D eigenvalue weighted by molar-refractivity contribution is 0.439. The number of hydrogen-bond acceptors (Lipinski definition) is 2. The monoisotopic (exact) mass is 192 g/mol. The lowest BCUT2D eigenvalue weighted by atomic mass is 9.89. The van der Waals surface area contributed by atoms with E-state index in [2.05, 4.69) is 10.6 Å². The fraction of sp³-hybridized carbons (Fsp3) is 0.455. The summed E-state index contributed by atoms with van der Waals surface area (Å²) in [5.74, 6) is 0.426. The fourth-order valence-corrected chi connectivity index (χ4v) is 2.56. The SMILES string of the molecule is Fc1ccc2c(c1)NC1CNCCC21. The average molecular weight is 192 g/mol. The molecule has 1 saturated heterocycles. The summed E-state index contributed by atoms with van der Waals surface area (Å²) < 4.78 is 13.0. The van der Waals surface area contributed by atoms with Crippen molar-refractivity contribution >= 4 is 5.69 Å². The van der Waals surface area contributed by atoms with Gasteiger partial charge in [-0.2, -0.15) is 0 Å². The molecule has 1 aromatic rings. The van der Waals surface area contributed by atoms with Gasteiger partial charge >= 0.3 is 0 Å². The smallest absolute Gasteiger partial charge is 0.125 e. The van der Waals surface area contributed by atoms with Gasteiger partial charge in [0.2, 0.25) is 0 Å². The summed E-state index contributed by atoms with van der Waals surface area (Å²) in [7, 11) is 0. The van der Waals surface area contributed by atoms with Crippen molar-refractivity contribution in [2.24, 2.45) is 0 Å². The third-order valence-corrected chi connectivity index (χ3v) is 3.24. The molecule has 74 valence electrons. The molecule has 0 saturated carbocycles. The molecule has 14 heavy (non-hydrogen) atoms. The highest BCUT2D eigenvalue weighted by Crippen LogP contribution is 2.39. The van der Waals surface area contributed by atoms with Gasteiger partial charge in [-0.25, -0.2) is 4.39 Å². The van der Waals surface area contributed by atoms with E-state index < -0.39 is 0 Å².